The van der Waals surface area contributed by atoms with Gasteiger partial charge in [0.15, 0.2) is 0 Å². The summed E-state index contributed by atoms with van der Waals surface area (Å²) in [6, 6.07) is 16.5. The zero-order valence-electron chi connectivity index (χ0n) is 18.3. The number of anilines is 1. The van der Waals surface area contributed by atoms with Gasteiger partial charge in [-0.05, 0) is 42.3 Å². The SMILES string of the molecule is Cc1ccc(NC(=O)C(OC(=O)C=Cc2cccc(C(F)(F)F)c2)c2ccccc2)c([N+](=O)[O-])c1. The van der Waals surface area contributed by atoms with Crippen LogP contribution in [0.2, 0.25) is 0 Å². The third-order valence-electron chi connectivity index (χ3n) is 4.81. The van der Waals surface area contributed by atoms with E-state index in [1.165, 1.54) is 36.4 Å². The van der Waals surface area contributed by atoms with E-state index in [4.69, 9.17) is 4.74 Å². The highest BCUT2D eigenvalue weighted by molar-refractivity contribution is 5.99. The van der Waals surface area contributed by atoms with Gasteiger partial charge in [-0.1, -0.05) is 48.5 Å². The number of hydrogen-bond acceptors (Lipinski definition) is 5. The molecule has 0 spiro atoms. The van der Waals surface area contributed by atoms with Crippen LogP contribution >= 0.6 is 0 Å². The van der Waals surface area contributed by atoms with Crippen molar-refractivity contribution in [1.29, 1.82) is 0 Å². The summed E-state index contributed by atoms with van der Waals surface area (Å²) in [7, 11) is 0. The predicted molar refractivity (Wildman–Crippen MR) is 122 cm³/mol. The van der Waals surface area contributed by atoms with Crippen LogP contribution < -0.4 is 5.32 Å². The number of aryl methyl sites for hydroxylation is 1. The summed E-state index contributed by atoms with van der Waals surface area (Å²) in [5.41, 5.74) is -0.286. The summed E-state index contributed by atoms with van der Waals surface area (Å²) in [6.45, 7) is 1.66. The number of nitro benzene ring substituents is 1. The number of halogens is 3. The van der Waals surface area contributed by atoms with Crippen LogP contribution in [0.25, 0.3) is 6.08 Å². The highest BCUT2D eigenvalue weighted by Gasteiger charge is 2.30. The molecule has 3 aromatic rings. The lowest BCUT2D eigenvalue weighted by molar-refractivity contribution is -0.384. The number of carbonyl (C=O) groups excluding carboxylic acids is 2. The summed E-state index contributed by atoms with van der Waals surface area (Å²) >= 11 is 0. The van der Waals surface area contributed by atoms with Crippen molar-refractivity contribution in [2.45, 2.75) is 19.2 Å². The zero-order valence-corrected chi connectivity index (χ0v) is 18.3. The Morgan fingerprint density at radius 2 is 1.74 bits per heavy atom. The van der Waals surface area contributed by atoms with Gasteiger partial charge in [0.05, 0.1) is 10.5 Å². The largest absolute Gasteiger partial charge is 0.444 e. The first-order valence-corrected chi connectivity index (χ1v) is 10.2. The number of alkyl halides is 3. The van der Waals surface area contributed by atoms with Gasteiger partial charge in [0.2, 0.25) is 6.10 Å². The molecule has 1 N–H and O–H groups in total. The number of ether oxygens (including phenoxy) is 1. The number of esters is 1. The Balaban J connectivity index is 1.82. The molecule has 3 aromatic carbocycles. The van der Waals surface area contributed by atoms with Crippen LogP contribution in [0.4, 0.5) is 24.5 Å². The molecular weight excluding hydrogens is 465 g/mol. The van der Waals surface area contributed by atoms with Gasteiger partial charge in [0.1, 0.15) is 5.69 Å². The second kappa shape index (κ2) is 10.6. The van der Waals surface area contributed by atoms with Crippen LogP contribution in [0, 0.1) is 17.0 Å². The quantitative estimate of drug-likeness (QED) is 0.196. The summed E-state index contributed by atoms with van der Waals surface area (Å²) in [6.07, 6.45) is -4.00. The average Bonchev–Trinajstić information content (AvgIpc) is 2.82. The molecule has 35 heavy (non-hydrogen) atoms. The molecule has 7 nitrogen and oxygen atoms in total. The Bertz CT molecular complexity index is 1270. The molecule has 0 saturated heterocycles. The first-order valence-electron chi connectivity index (χ1n) is 10.2. The van der Waals surface area contributed by atoms with Gasteiger partial charge in [-0.15, -0.1) is 0 Å². The van der Waals surface area contributed by atoms with Crippen LogP contribution in [0.15, 0.2) is 78.9 Å². The molecule has 0 aliphatic rings. The molecule has 1 unspecified atom stereocenters. The van der Waals surface area contributed by atoms with E-state index in [9.17, 15) is 32.9 Å². The van der Waals surface area contributed by atoms with Crippen LogP contribution in [0.5, 0.6) is 0 Å². The number of nitrogens with zero attached hydrogens (tertiary/aromatic N) is 1. The summed E-state index contributed by atoms with van der Waals surface area (Å²) in [5.74, 6) is -1.84. The molecule has 0 aliphatic heterocycles. The number of benzene rings is 3. The van der Waals surface area contributed by atoms with Crippen molar-refractivity contribution in [3.8, 4) is 0 Å². The molecule has 0 bridgehead atoms. The second-order valence-electron chi connectivity index (χ2n) is 7.45. The fourth-order valence-corrected chi connectivity index (χ4v) is 3.14. The van der Waals surface area contributed by atoms with Crippen LogP contribution in [0.1, 0.15) is 28.4 Å². The Morgan fingerprint density at radius 1 is 1.03 bits per heavy atom. The maximum absolute atomic E-state index is 13.0. The van der Waals surface area contributed by atoms with E-state index in [2.05, 4.69) is 5.32 Å². The standard InChI is InChI=1S/C25H19F3N2O5/c1-16-10-12-20(21(14-16)30(33)34)29-24(32)23(18-7-3-2-4-8-18)35-22(31)13-11-17-6-5-9-19(15-17)25(26,27)28/h2-15,23H,1H3,(H,29,32). The van der Waals surface area contributed by atoms with Crippen LogP contribution in [-0.2, 0) is 20.5 Å². The van der Waals surface area contributed by atoms with Gasteiger partial charge in [-0.3, -0.25) is 14.9 Å². The number of hydrogen-bond donors (Lipinski definition) is 1. The van der Waals surface area contributed by atoms with Gasteiger partial charge in [-0.2, -0.15) is 13.2 Å². The van der Waals surface area contributed by atoms with Gasteiger partial charge in [0.25, 0.3) is 11.6 Å². The molecule has 10 heteroatoms. The lowest BCUT2D eigenvalue weighted by atomic mass is 10.1. The van der Waals surface area contributed by atoms with E-state index in [0.29, 0.717) is 11.1 Å². The van der Waals surface area contributed by atoms with Crippen molar-refractivity contribution in [3.63, 3.8) is 0 Å². The van der Waals surface area contributed by atoms with Gasteiger partial charge in [0, 0.05) is 17.7 Å². The van der Waals surface area contributed by atoms with Crippen LogP contribution in [-0.4, -0.2) is 16.8 Å². The molecular formula is C25H19F3N2O5. The summed E-state index contributed by atoms with van der Waals surface area (Å²) in [4.78, 5) is 36.1. The molecule has 3 rings (SSSR count). The lowest BCUT2D eigenvalue weighted by Gasteiger charge is -2.17. The molecule has 180 valence electrons. The molecule has 1 amide bonds. The minimum atomic E-state index is -4.54. The molecule has 0 aliphatic carbocycles. The smallest absolute Gasteiger partial charge is 0.416 e. The molecule has 0 fully saturated rings. The fourth-order valence-electron chi connectivity index (χ4n) is 3.14. The van der Waals surface area contributed by atoms with Crippen molar-refractivity contribution in [2.75, 3.05) is 5.32 Å². The average molecular weight is 484 g/mol. The fraction of sp³-hybridized carbons (Fsp3) is 0.120. The Morgan fingerprint density at radius 3 is 2.40 bits per heavy atom. The highest BCUT2D eigenvalue weighted by Crippen LogP contribution is 2.30. The first kappa shape index (κ1) is 25.2. The summed E-state index contributed by atoms with van der Waals surface area (Å²) in [5, 5.41) is 13.8. The minimum Gasteiger partial charge on any atom is -0.444 e. The van der Waals surface area contributed by atoms with Crippen molar-refractivity contribution in [2.24, 2.45) is 0 Å². The Labute approximate surface area is 198 Å². The van der Waals surface area contributed by atoms with E-state index in [0.717, 1.165) is 24.3 Å². The Kier molecular flexibility index (Phi) is 7.65. The topological polar surface area (TPSA) is 98.5 Å². The number of rotatable bonds is 7. The molecule has 1 atom stereocenters. The maximum atomic E-state index is 13.0. The number of nitrogens with one attached hydrogen (secondary N) is 1. The third-order valence-corrected chi connectivity index (χ3v) is 4.81. The Hall–Kier alpha value is -4.47. The lowest BCUT2D eigenvalue weighted by Crippen LogP contribution is -2.25. The molecule has 0 saturated carbocycles. The zero-order chi connectivity index (χ0) is 25.6. The van der Waals surface area contributed by atoms with Gasteiger partial charge >= 0.3 is 12.1 Å². The number of carbonyl (C=O) groups is 2. The van der Waals surface area contributed by atoms with E-state index in [1.54, 1.807) is 31.2 Å². The number of amides is 1. The normalized spacial score (nSPS) is 12.2. The van der Waals surface area contributed by atoms with Crippen molar-refractivity contribution in [3.05, 3.63) is 111 Å². The first-order chi connectivity index (χ1) is 16.5. The van der Waals surface area contributed by atoms with E-state index in [1.807, 2.05) is 0 Å². The van der Waals surface area contributed by atoms with Gasteiger partial charge in [-0.25, -0.2) is 4.79 Å². The number of nitro groups is 1. The predicted octanol–water partition coefficient (Wildman–Crippen LogP) is 5.86. The van der Waals surface area contributed by atoms with Crippen LogP contribution in [0.3, 0.4) is 0 Å². The van der Waals surface area contributed by atoms with E-state index < -0.39 is 34.6 Å². The highest BCUT2D eigenvalue weighted by atomic mass is 19.4. The van der Waals surface area contributed by atoms with Crippen molar-refractivity contribution in [1.82, 2.24) is 0 Å². The second-order valence-corrected chi connectivity index (χ2v) is 7.45. The third kappa shape index (κ3) is 6.76. The maximum Gasteiger partial charge on any atom is 0.416 e. The van der Waals surface area contributed by atoms with Crippen molar-refractivity contribution >= 4 is 29.3 Å². The van der Waals surface area contributed by atoms with Crippen molar-refractivity contribution < 1.29 is 32.4 Å². The monoisotopic (exact) mass is 484 g/mol. The van der Waals surface area contributed by atoms with Gasteiger partial charge < -0.3 is 10.1 Å². The molecule has 0 radical (unpaired) electrons. The minimum absolute atomic E-state index is 0.0814. The summed E-state index contributed by atoms with van der Waals surface area (Å²) < 4.78 is 44.0. The molecule has 0 heterocycles. The van der Waals surface area contributed by atoms with E-state index >= 15 is 0 Å². The molecule has 0 aromatic heterocycles. The van der Waals surface area contributed by atoms with E-state index in [-0.39, 0.29) is 16.9 Å².